The van der Waals surface area contributed by atoms with E-state index in [0.717, 1.165) is 12.8 Å². The van der Waals surface area contributed by atoms with Crippen LogP contribution in [-0.2, 0) is 5.41 Å². The Hall–Kier alpha value is -2.02. The van der Waals surface area contributed by atoms with E-state index < -0.39 is 0 Å². The zero-order valence-corrected chi connectivity index (χ0v) is 12.0. The topological polar surface area (TPSA) is 12.0 Å². The van der Waals surface area contributed by atoms with Gasteiger partial charge in [0.1, 0.15) is 0 Å². The molecule has 0 saturated heterocycles. The predicted octanol–water partition coefficient (Wildman–Crippen LogP) is 5.08. The first-order chi connectivity index (χ1) is 9.73. The lowest BCUT2D eigenvalue weighted by Gasteiger charge is -2.41. The van der Waals surface area contributed by atoms with E-state index in [0.29, 0.717) is 6.04 Å². The Kier molecular flexibility index (Phi) is 3.35. The highest BCUT2D eigenvalue weighted by Crippen LogP contribution is 2.46. The average molecular weight is 263 g/mol. The number of benzene rings is 2. The number of hydrogen-bond acceptors (Lipinski definition) is 1. The number of fused-ring (bicyclic) bond motifs is 1. The summed E-state index contributed by atoms with van der Waals surface area (Å²) in [4.78, 5) is 0. The molecule has 2 unspecified atom stereocenters. The van der Waals surface area contributed by atoms with Gasteiger partial charge >= 0.3 is 0 Å². The van der Waals surface area contributed by atoms with Crippen molar-refractivity contribution >= 4 is 5.69 Å². The molecule has 102 valence electrons. The molecule has 1 heterocycles. The third-order valence-corrected chi connectivity index (χ3v) is 4.36. The van der Waals surface area contributed by atoms with Gasteiger partial charge in [0.15, 0.2) is 0 Å². The predicted molar refractivity (Wildman–Crippen MR) is 86.0 cm³/mol. The van der Waals surface area contributed by atoms with Crippen molar-refractivity contribution in [1.82, 2.24) is 0 Å². The Labute approximate surface area is 121 Å². The van der Waals surface area contributed by atoms with Crippen LogP contribution < -0.4 is 5.32 Å². The highest BCUT2D eigenvalue weighted by molar-refractivity contribution is 5.58. The molecule has 0 saturated carbocycles. The van der Waals surface area contributed by atoms with E-state index in [4.69, 9.17) is 0 Å². The molecule has 0 aromatic heterocycles. The van der Waals surface area contributed by atoms with Gasteiger partial charge in [-0.3, -0.25) is 0 Å². The van der Waals surface area contributed by atoms with Crippen LogP contribution in [0.4, 0.5) is 5.69 Å². The van der Waals surface area contributed by atoms with Crippen LogP contribution in [-0.4, -0.2) is 0 Å². The van der Waals surface area contributed by atoms with Crippen LogP contribution >= 0.6 is 0 Å². The highest BCUT2D eigenvalue weighted by atomic mass is 14.9. The van der Waals surface area contributed by atoms with Crippen LogP contribution in [0.1, 0.15) is 36.9 Å². The molecule has 0 fully saturated rings. The summed E-state index contributed by atoms with van der Waals surface area (Å²) in [5, 5.41) is 3.69. The molecular weight excluding hydrogens is 242 g/mol. The summed E-state index contributed by atoms with van der Waals surface area (Å²) in [7, 11) is 0. The minimum Gasteiger partial charge on any atom is -0.378 e. The first-order valence-corrected chi connectivity index (χ1v) is 7.25. The molecule has 20 heavy (non-hydrogen) atoms. The highest BCUT2D eigenvalue weighted by Gasteiger charge is 2.35. The Bertz CT molecular complexity index is 602. The molecule has 0 aliphatic carbocycles. The molecule has 1 aliphatic heterocycles. The molecule has 2 aromatic carbocycles. The van der Waals surface area contributed by atoms with Crippen molar-refractivity contribution in [3.63, 3.8) is 0 Å². The van der Waals surface area contributed by atoms with E-state index in [9.17, 15) is 0 Å². The van der Waals surface area contributed by atoms with Gasteiger partial charge in [-0.25, -0.2) is 0 Å². The third-order valence-electron chi connectivity index (χ3n) is 4.36. The van der Waals surface area contributed by atoms with Crippen molar-refractivity contribution in [2.75, 3.05) is 5.32 Å². The molecule has 1 heteroatoms. The van der Waals surface area contributed by atoms with E-state index in [1.54, 1.807) is 0 Å². The summed E-state index contributed by atoms with van der Waals surface area (Å²) in [5.74, 6) is 0. The zero-order chi connectivity index (χ0) is 14.0. The van der Waals surface area contributed by atoms with Gasteiger partial charge in [-0.1, -0.05) is 61.5 Å². The molecule has 2 atom stereocenters. The average Bonchev–Trinajstić information content (AvgIpc) is 2.48. The number of rotatable bonds is 3. The zero-order valence-electron chi connectivity index (χ0n) is 12.0. The molecule has 3 rings (SSSR count). The lowest BCUT2D eigenvalue weighted by atomic mass is 9.70. The monoisotopic (exact) mass is 263 g/mol. The molecular formula is C19H21N. The van der Waals surface area contributed by atoms with Gasteiger partial charge in [0.05, 0.1) is 6.04 Å². The summed E-state index contributed by atoms with van der Waals surface area (Å²) in [6.45, 7) is 6.30. The van der Waals surface area contributed by atoms with Crippen molar-refractivity contribution in [2.45, 2.75) is 31.2 Å². The summed E-state index contributed by atoms with van der Waals surface area (Å²) in [6, 6.07) is 19.8. The van der Waals surface area contributed by atoms with Crippen LogP contribution in [0.3, 0.4) is 0 Å². The van der Waals surface area contributed by atoms with Gasteiger partial charge in [0.25, 0.3) is 0 Å². The van der Waals surface area contributed by atoms with Crippen molar-refractivity contribution in [2.24, 2.45) is 0 Å². The SMILES string of the molecule is C=CCC1(C)CC(c2ccccc2)Nc2ccccc21. The minimum atomic E-state index is 0.157. The molecule has 1 aliphatic rings. The minimum absolute atomic E-state index is 0.157. The summed E-state index contributed by atoms with van der Waals surface area (Å²) in [6.07, 6.45) is 4.15. The standard InChI is InChI=1S/C19H21N/c1-3-13-19(2)14-18(15-9-5-4-6-10-15)20-17-12-8-7-11-16(17)19/h3-12,18,20H,1,13-14H2,2H3. The molecule has 0 spiro atoms. The fraction of sp³-hybridized carbons (Fsp3) is 0.263. The van der Waals surface area contributed by atoms with Gasteiger partial charge in [-0.05, 0) is 30.0 Å². The Morgan fingerprint density at radius 1 is 1.15 bits per heavy atom. The van der Waals surface area contributed by atoms with Crippen molar-refractivity contribution in [3.8, 4) is 0 Å². The first kappa shape index (κ1) is 13.0. The van der Waals surface area contributed by atoms with Gasteiger partial charge in [0.2, 0.25) is 0 Å². The number of allylic oxidation sites excluding steroid dienone is 1. The second-order valence-electron chi connectivity index (χ2n) is 5.91. The Morgan fingerprint density at radius 3 is 2.60 bits per heavy atom. The van der Waals surface area contributed by atoms with Crippen LogP contribution in [0.15, 0.2) is 67.3 Å². The number of hydrogen-bond donors (Lipinski definition) is 1. The number of para-hydroxylation sites is 1. The van der Waals surface area contributed by atoms with Gasteiger partial charge in [-0.2, -0.15) is 0 Å². The van der Waals surface area contributed by atoms with Crippen molar-refractivity contribution in [3.05, 3.63) is 78.4 Å². The van der Waals surface area contributed by atoms with Crippen molar-refractivity contribution < 1.29 is 0 Å². The maximum Gasteiger partial charge on any atom is 0.0522 e. The molecule has 0 radical (unpaired) electrons. The molecule has 2 aromatic rings. The van der Waals surface area contributed by atoms with E-state index in [1.165, 1.54) is 16.8 Å². The fourth-order valence-electron chi connectivity index (χ4n) is 3.33. The smallest absolute Gasteiger partial charge is 0.0522 e. The first-order valence-electron chi connectivity index (χ1n) is 7.25. The maximum atomic E-state index is 3.95. The molecule has 0 bridgehead atoms. The Morgan fingerprint density at radius 2 is 1.85 bits per heavy atom. The van der Waals surface area contributed by atoms with Gasteiger partial charge < -0.3 is 5.32 Å². The normalized spacial score (nSPS) is 24.6. The second-order valence-corrected chi connectivity index (χ2v) is 5.91. The fourth-order valence-corrected chi connectivity index (χ4v) is 3.33. The Balaban J connectivity index is 2.02. The van der Waals surface area contributed by atoms with E-state index in [2.05, 4.69) is 73.4 Å². The van der Waals surface area contributed by atoms with Gasteiger partial charge in [0, 0.05) is 11.1 Å². The maximum absolute atomic E-state index is 3.95. The van der Waals surface area contributed by atoms with E-state index in [-0.39, 0.29) is 5.41 Å². The molecule has 1 N–H and O–H groups in total. The van der Waals surface area contributed by atoms with Crippen molar-refractivity contribution in [1.29, 1.82) is 0 Å². The molecule has 0 amide bonds. The number of anilines is 1. The van der Waals surface area contributed by atoms with Crippen LogP contribution in [0.2, 0.25) is 0 Å². The second kappa shape index (κ2) is 5.16. The summed E-state index contributed by atoms with van der Waals surface area (Å²) >= 11 is 0. The summed E-state index contributed by atoms with van der Waals surface area (Å²) < 4.78 is 0. The quantitative estimate of drug-likeness (QED) is 0.762. The van der Waals surface area contributed by atoms with Gasteiger partial charge in [-0.15, -0.1) is 6.58 Å². The van der Waals surface area contributed by atoms with Crippen LogP contribution in [0, 0.1) is 0 Å². The lowest BCUT2D eigenvalue weighted by molar-refractivity contribution is 0.394. The third kappa shape index (κ3) is 2.24. The van der Waals surface area contributed by atoms with Crippen LogP contribution in [0.25, 0.3) is 0 Å². The van der Waals surface area contributed by atoms with E-state index in [1.807, 2.05) is 6.08 Å². The lowest BCUT2D eigenvalue weighted by Crippen LogP contribution is -2.33. The van der Waals surface area contributed by atoms with Crippen LogP contribution in [0.5, 0.6) is 0 Å². The number of nitrogens with one attached hydrogen (secondary N) is 1. The largest absolute Gasteiger partial charge is 0.378 e. The molecule has 1 nitrogen and oxygen atoms in total. The summed E-state index contributed by atoms with van der Waals surface area (Å²) in [5.41, 5.74) is 4.19. The van der Waals surface area contributed by atoms with E-state index >= 15 is 0 Å².